The van der Waals surface area contributed by atoms with E-state index in [2.05, 4.69) is 67.5 Å². The zero-order chi connectivity index (χ0) is 22.6. The van der Waals surface area contributed by atoms with Crippen LogP contribution in [-0.2, 0) is 11.0 Å². The first-order valence-electron chi connectivity index (χ1n) is 11.2. The maximum atomic E-state index is 11.2. The van der Waals surface area contributed by atoms with Crippen LogP contribution in [0.4, 0.5) is 0 Å². The zero-order valence-electron chi connectivity index (χ0n) is 19.9. The maximum absolute atomic E-state index is 11.2. The summed E-state index contributed by atoms with van der Waals surface area (Å²) in [5.74, 6) is 1.57. The van der Waals surface area contributed by atoms with Crippen LogP contribution in [-0.4, -0.2) is 28.0 Å². The summed E-state index contributed by atoms with van der Waals surface area (Å²) in [5.41, 5.74) is 5.91. The number of hydrogen-bond acceptors (Lipinski definition) is 4. The van der Waals surface area contributed by atoms with Crippen molar-refractivity contribution in [2.75, 3.05) is 0 Å². The summed E-state index contributed by atoms with van der Waals surface area (Å²) in [4.78, 5) is 0. The average molecular weight is 438 g/mol. The number of aliphatic hydroxyl groups is 1. The van der Waals surface area contributed by atoms with Crippen LogP contribution < -0.4 is 0 Å². The lowest BCUT2D eigenvalue weighted by atomic mass is 9.95. The molecule has 0 saturated heterocycles. The molecular weight excluding hydrogens is 402 g/mol. The molecule has 1 saturated carbocycles. The lowest BCUT2D eigenvalue weighted by Crippen LogP contribution is -2.40. The van der Waals surface area contributed by atoms with Crippen LogP contribution >= 0.6 is 0 Å². The highest BCUT2D eigenvalue weighted by molar-refractivity contribution is 6.74. The van der Waals surface area contributed by atoms with E-state index in [4.69, 9.17) is 4.43 Å². The van der Waals surface area contributed by atoms with E-state index in [-0.39, 0.29) is 5.04 Å². The van der Waals surface area contributed by atoms with Gasteiger partial charge >= 0.3 is 0 Å². The van der Waals surface area contributed by atoms with Crippen LogP contribution in [0, 0.1) is 13.8 Å². The third-order valence-corrected chi connectivity index (χ3v) is 11.7. The van der Waals surface area contributed by atoms with Gasteiger partial charge in [0.2, 0.25) is 0 Å². The van der Waals surface area contributed by atoms with Gasteiger partial charge in [0.25, 0.3) is 0 Å². The van der Waals surface area contributed by atoms with Gasteiger partial charge in [-0.25, -0.2) is 0 Å². The Kier molecular flexibility index (Phi) is 5.61. The summed E-state index contributed by atoms with van der Waals surface area (Å²) in [7, 11) is -1.84. The van der Waals surface area contributed by atoms with E-state index in [1.165, 1.54) is 18.4 Å². The first-order chi connectivity index (χ1) is 14.5. The number of hydrogen-bond donors (Lipinski definition) is 1. The van der Waals surface area contributed by atoms with Gasteiger partial charge in [-0.1, -0.05) is 39.0 Å². The molecule has 5 nitrogen and oxygen atoms in total. The Morgan fingerprint density at radius 1 is 1.16 bits per heavy atom. The number of rotatable bonds is 6. The van der Waals surface area contributed by atoms with Crippen molar-refractivity contribution in [1.82, 2.24) is 14.6 Å². The van der Waals surface area contributed by atoms with Gasteiger partial charge in [-0.05, 0) is 73.1 Å². The molecule has 0 amide bonds. The minimum absolute atomic E-state index is 0.169. The van der Waals surface area contributed by atoms with E-state index in [1.807, 2.05) is 25.3 Å². The van der Waals surface area contributed by atoms with E-state index in [0.29, 0.717) is 12.5 Å². The second-order valence-corrected chi connectivity index (χ2v) is 15.4. The molecule has 6 heteroatoms. The molecule has 0 radical (unpaired) electrons. The molecule has 2 heterocycles. The summed E-state index contributed by atoms with van der Waals surface area (Å²) in [6.07, 6.45) is 3.67. The van der Waals surface area contributed by atoms with E-state index in [0.717, 1.165) is 33.7 Å². The van der Waals surface area contributed by atoms with Crippen molar-refractivity contribution in [1.29, 1.82) is 0 Å². The molecule has 1 N–H and O–H groups in total. The molecule has 1 aliphatic carbocycles. The Morgan fingerprint density at radius 2 is 1.87 bits per heavy atom. The van der Waals surface area contributed by atoms with Crippen LogP contribution in [0.5, 0.6) is 0 Å². The Bertz CT molecular complexity index is 1110. The summed E-state index contributed by atoms with van der Waals surface area (Å²) in [6.45, 7) is 16.0. The molecule has 3 aromatic rings. The topological polar surface area (TPSA) is 59.7 Å². The predicted octanol–water partition coefficient (Wildman–Crippen LogP) is 5.83. The van der Waals surface area contributed by atoms with Crippen LogP contribution in [0.2, 0.25) is 18.1 Å². The zero-order valence-corrected chi connectivity index (χ0v) is 20.9. The number of nitrogens with zero attached hydrogens (tertiary/aromatic N) is 3. The van der Waals surface area contributed by atoms with Crippen molar-refractivity contribution in [3.63, 3.8) is 0 Å². The van der Waals surface area contributed by atoms with Crippen LogP contribution in [0.1, 0.15) is 79.3 Å². The molecule has 4 rings (SSSR count). The van der Waals surface area contributed by atoms with Crippen molar-refractivity contribution in [2.24, 2.45) is 0 Å². The Hall–Kier alpha value is -2.02. The highest BCUT2D eigenvalue weighted by atomic mass is 28.4. The quantitative estimate of drug-likeness (QED) is 0.493. The molecule has 166 valence electrons. The minimum atomic E-state index is -1.84. The van der Waals surface area contributed by atoms with Gasteiger partial charge in [0.15, 0.2) is 14.0 Å². The number of fused-ring (bicyclic) bond motifs is 1. The Morgan fingerprint density at radius 3 is 2.52 bits per heavy atom. The molecule has 2 aromatic heterocycles. The maximum Gasteiger partial charge on any atom is 0.192 e. The van der Waals surface area contributed by atoms with E-state index < -0.39 is 14.4 Å². The summed E-state index contributed by atoms with van der Waals surface area (Å²) < 4.78 is 8.53. The fourth-order valence-electron chi connectivity index (χ4n) is 3.70. The smallest absolute Gasteiger partial charge is 0.192 e. The molecule has 0 bridgehead atoms. The van der Waals surface area contributed by atoms with Crippen molar-refractivity contribution < 1.29 is 9.53 Å². The van der Waals surface area contributed by atoms with Crippen LogP contribution in [0.25, 0.3) is 5.65 Å². The lowest BCUT2D eigenvalue weighted by molar-refractivity contribution is 0.219. The first-order valence-corrected chi connectivity index (χ1v) is 14.2. The normalized spacial score (nSPS) is 16.1. The van der Waals surface area contributed by atoms with E-state index in [9.17, 15) is 5.11 Å². The van der Waals surface area contributed by atoms with E-state index >= 15 is 0 Å². The summed E-state index contributed by atoms with van der Waals surface area (Å²) >= 11 is 0. The lowest BCUT2D eigenvalue weighted by Gasteiger charge is -2.36. The van der Waals surface area contributed by atoms with Gasteiger partial charge < -0.3 is 9.53 Å². The molecule has 1 fully saturated rings. The van der Waals surface area contributed by atoms with Crippen LogP contribution in [0.3, 0.4) is 0 Å². The SMILES string of the molecule is Cc1ccc(C(O)c2ccn3c(C4CC4)nnc3c2C)cc1CO[Si](C)(C)C(C)(C)C. The highest BCUT2D eigenvalue weighted by Gasteiger charge is 2.37. The second-order valence-electron chi connectivity index (χ2n) is 10.6. The van der Waals surface area contributed by atoms with Gasteiger partial charge in [-0.15, -0.1) is 10.2 Å². The second kappa shape index (κ2) is 7.83. The Balaban J connectivity index is 1.61. The number of benzene rings is 1. The largest absolute Gasteiger partial charge is 0.413 e. The van der Waals surface area contributed by atoms with Gasteiger partial charge in [0.05, 0.1) is 6.61 Å². The fraction of sp³-hybridized carbons (Fsp3) is 0.520. The third-order valence-electron chi connectivity index (χ3n) is 7.21. The van der Waals surface area contributed by atoms with Crippen molar-refractivity contribution in [3.8, 4) is 0 Å². The van der Waals surface area contributed by atoms with Gasteiger partial charge in [0.1, 0.15) is 11.9 Å². The number of pyridine rings is 1. The number of aliphatic hydroxyl groups excluding tert-OH is 1. The molecular formula is C25H35N3O2Si. The molecule has 31 heavy (non-hydrogen) atoms. The van der Waals surface area contributed by atoms with Crippen LogP contribution in [0.15, 0.2) is 30.5 Å². The third kappa shape index (κ3) is 4.21. The fourth-order valence-corrected chi connectivity index (χ4v) is 4.65. The standard InChI is InChI=1S/C25H35N3O2Si/c1-16-8-9-19(14-20(16)15-30-31(6,7)25(3,4)5)22(29)21-12-13-28-23(17(21)2)26-27-24(28)18-10-11-18/h8-9,12-14,18,22,29H,10-11,15H2,1-7H3. The van der Waals surface area contributed by atoms with Gasteiger partial charge in [-0.3, -0.25) is 4.40 Å². The summed E-state index contributed by atoms with van der Waals surface area (Å²) in [6, 6.07) is 8.20. The van der Waals surface area contributed by atoms with Crippen molar-refractivity contribution in [3.05, 3.63) is 64.1 Å². The number of aromatic nitrogens is 3. The summed E-state index contributed by atoms with van der Waals surface area (Å²) in [5, 5.41) is 20.2. The predicted molar refractivity (Wildman–Crippen MR) is 127 cm³/mol. The molecule has 0 aliphatic heterocycles. The minimum Gasteiger partial charge on any atom is -0.413 e. The molecule has 0 spiro atoms. The average Bonchev–Trinajstić information content (AvgIpc) is 3.45. The highest BCUT2D eigenvalue weighted by Crippen LogP contribution is 2.40. The first kappa shape index (κ1) is 22.2. The molecule has 1 unspecified atom stereocenters. The number of aryl methyl sites for hydroxylation is 2. The molecule has 1 aliphatic rings. The Labute approximate surface area is 186 Å². The van der Waals surface area contributed by atoms with Gasteiger partial charge in [0, 0.05) is 17.7 Å². The monoisotopic (exact) mass is 437 g/mol. The van der Waals surface area contributed by atoms with E-state index in [1.54, 1.807) is 0 Å². The van der Waals surface area contributed by atoms with Gasteiger partial charge in [-0.2, -0.15) is 0 Å². The van der Waals surface area contributed by atoms with Crippen molar-refractivity contribution in [2.45, 2.75) is 84.2 Å². The molecule has 1 atom stereocenters. The molecule has 1 aromatic carbocycles. The van der Waals surface area contributed by atoms with Crippen molar-refractivity contribution >= 4 is 14.0 Å².